The van der Waals surface area contributed by atoms with Crippen LogP contribution in [0.2, 0.25) is 4.34 Å². The first-order valence-corrected chi connectivity index (χ1v) is 5.97. The summed E-state index contributed by atoms with van der Waals surface area (Å²) in [5, 5.41) is -0.599. The standard InChI is InChI=1S/C9H9Cl2F3OS/c1-5-2-7(16-8(5)11)6(10)3-15-4-9(12,13)14/h2,6H,3-4H2,1H3. The Labute approximate surface area is 105 Å². The van der Waals surface area contributed by atoms with E-state index in [1.54, 1.807) is 6.07 Å². The molecule has 1 aromatic heterocycles. The monoisotopic (exact) mass is 292 g/mol. The van der Waals surface area contributed by atoms with Gasteiger partial charge in [0, 0.05) is 4.88 Å². The molecule has 1 aromatic rings. The highest BCUT2D eigenvalue weighted by molar-refractivity contribution is 7.16. The van der Waals surface area contributed by atoms with Crippen LogP contribution in [0.4, 0.5) is 13.2 Å². The Morgan fingerprint density at radius 2 is 2.12 bits per heavy atom. The minimum Gasteiger partial charge on any atom is -0.370 e. The lowest BCUT2D eigenvalue weighted by atomic mass is 10.3. The highest BCUT2D eigenvalue weighted by Gasteiger charge is 2.28. The van der Waals surface area contributed by atoms with E-state index in [2.05, 4.69) is 4.74 Å². The van der Waals surface area contributed by atoms with Crippen molar-refractivity contribution in [1.29, 1.82) is 0 Å². The number of hydrogen-bond donors (Lipinski definition) is 0. The molecule has 1 unspecified atom stereocenters. The summed E-state index contributed by atoms with van der Waals surface area (Å²) in [4.78, 5) is 0.714. The minimum absolute atomic E-state index is 0.183. The van der Waals surface area contributed by atoms with Crippen LogP contribution in [0, 0.1) is 6.92 Å². The first-order chi connectivity index (χ1) is 7.29. The van der Waals surface area contributed by atoms with Crippen LogP contribution in [0.1, 0.15) is 15.8 Å². The van der Waals surface area contributed by atoms with Gasteiger partial charge in [0.25, 0.3) is 0 Å². The number of ether oxygens (including phenoxy) is 1. The summed E-state index contributed by atoms with van der Waals surface area (Å²) < 4.78 is 40.4. The zero-order chi connectivity index (χ0) is 12.3. The predicted octanol–water partition coefficient (Wildman–Crippen LogP) is 4.57. The van der Waals surface area contributed by atoms with Crippen LogP contribution in [0.5, 0.6) is 0 Å². The summed E-state index contributed by atoms with van der Waals surface area (Å²) in [6.07, 6.45) is -4.32. The van der Waals surface area contributed by atoms with Crippen LogP contribution >= 0.6 is 34.5 Å². The quantitative estimate of drug-likeness (QED) is 0.739. The normalized spacial score (nSPS) is 14.1. The fraction of sp³-hybridized carbons (Fsp3) is 0.556. The van der Waals surface area contributed by atoms with Gasteiger partial charge in [0.05, 0.1) is 16.3 Å². The number of halogens is 5. The number of aryl methyl sites for hydroxylation is 1. The topological polar surface area (TPSA) is 9.23 Å². The third-order valence-corrected chi connectivity index (χ3v) is 3.87. The van der Waals surface area contributed by atoms with Crippen LogP contribution in [-0.2, 0) is 4.74 Å². The number of hydrogen-bond acceptors (Lipinski definition) is 2. The molecule has 92 valence electrons. The Hall–Kier alpha value is 0.0300. The molecule has 0 spiro atoms. The van der Waals surface area contributed by atoms with Crippen molar-refractivity contribution >= 4 is 34.5 Å². The third kappa shape index (κ3) is 4.49. The maximum Gasteiger partial charge on any atom is 0.411 e. The van der Waals surface area contributed by atoms with Gasteiger partial charge < -0.3 is 4.74 Å². The molecule has 0 aliphatic heterocycles. The van der Waals surface area contributed by atoms with Crippen molar-refractivity contribution in [2.75, 3.05) is 13.2 Å². The van der Waals surface area contributed by atoms with E-state index >= 15 is 0 Å². The predicted molar refractivity (Wildman–Crippen MR) is 59.5 cm³/mol. The van der Waals surface area contributed by atoms with Crippen molar-refractivity contribution in [3.05, 3.63) is 20.8 Å². The Morgan fingerprint density at radius 1 is 1.50 bits per heavy atom. The summed E-state index contributed by atoms with van der Waals surface area (Å²) in [6, 6.07) is 1.75. The van der Waals surface area contributed by atoms with E-state index in [9.17, 15) is 13.2 Å². The van der Waals surface area contributed by atoms with Gasteiger partial charge in [-0.3, -0.25) is 0 Å². The van der Waals surface area contributed by atoms with Crippen LogP contribution < -0.4 is 0 Å². The maximum atomic E-state index is 11.8. The maximum absolute atomic E-state index is 11.8. The fourth-order valence-electron chi connectivity index (χ4n) is 0.998. The van der Waals surface area contributed by atoms with Gasteiger partial charge in [-0.05, 0) is 18.6 Å². The van der Waals surface area contributed by atoms with Crippen LogP contribution in [-0.4, -0.2) is 19.4 Å². The van der Waals surface area contributed by atoms with Gasteiger partial charge in [0.15, 0.2) is 0 Å². The Kier molecular flexibility index (Phi) is 4.91. The molecule has 0 aromatic carbocycles. The Bertz CT molecular complexity index is 332. The van der Waals surface area contributed by atoms with Gasteiger partial charge in [-0.1, -0.05) is 11.6 Å². The highest BCUT2D eigenvalue weighted by atomic mass is 35.5. The summed E-state index contributed by atoms with van der Waals surface area (Å²) in [5.74, 6) is 0. The molecule has 0 bridgehead atoms. The van der Waals surface area contributed by atoms with Gasteiger partial charge in [0.1, 0.15) is 6.61 Å². The average molecular weight is 293 g/mol. The zero-order valence-electron chi connectivity index (χ0n) is 8.28. The Morgan fingerprint density at radius 3 is 2.56 bits per heavy atom. The molecule has 1 heterocycles. The van der Waals surface area contributed by atoms with E-state index in [1.165, 1.54) is 11.3 Å². The molecule has 0 fully saturated rings. The molecule has 1 atom stereocenters. The molecule has 1 rings (SSSR count). The molecule has 1 nitrogen and oxygen atoms in total. The second-order valence-electron chi connectivity index (χ2n) is 3.20. The summed E-state index contributed by atoms with van der Waals surface area (Å²) in [6.45, 7) is 0.341. The minimum atomic E-state index is -4.32. The largest absolute Gasteiger partial charge is 0.411 e. The summed E-state index contributed by atoms with van der Waals surface area (Å²) in [7, 11) is 0. The van der Waals surface area contributed by atoms with Crippen molar-refractivity contribution in [3.8, 4) is 0 Å². The van der Waals surface area contributed by atoms with E-state index in [-0.39, 0.29) is 6.61 Å². The average Bonchev–Trinajstić information content (AvgIpc) is 2.45. The highest BCUT2D eigenvalue weighted by Crippen LogP contribution is 2.34. The Balaban J connectivity index is 2.44. The molecule has 0 aliphatic rings. The van der Waals surface area contributed by atoms with Crippen molar-refractivity contribution in [2.24, 2.45) is 0 Å². The van der Waals surface area contributed by atoms with E-state index in [1.807, 2.05) is 6.92 Å². The van der Waals surface area contributed by atoms with Gasteiger partial charge in [-0.2, -0.15) is 13.2 Å². The van der Waals surface area contributed by atoms with Crippen LogP contribution in [0.25, 0.3) is 0 Å². The molecule has 16 heavy (non-hydrogen) atoms. The van der Waals surface area contributed by atoms with Gasteiger partial charge >= 0.3 is 6.18 Å². The molecule has 0 amide bonds. The lowest BCUT2D eigenvalue weighted by Crippen LogP contribution is -2.18. The molecular weight excluding hydrogens is 284 g/mol. The van der Waals surface area contributed by atoms with Crippen LogP contribution in [0.3, 0.4) is 0 Å². The second kappa shape index (κ2) is 5.58. The SMILES string of the molecule is Cc1cc(C(Cl)COCC(F)(F)F)sc1Cl. The van der Waals surface area contributed by atoms with Gasteiger partial charge in [0.2, 0.25) is 0 Å². The van der Waals surface area contributed by atoms with E-state index in [0.717, 1.165) is 5.56 Å². The lowest BCUT2D eigenvalue weighted by molar-refractivity contribution is -0.173. The van der Waals surface area contributed by atoms with Crippen molar-refractivity contribution < 1.29 is 17.9 Å². The number of rotatable bonds is 4. The van der Waals surface area contributed by atoms with E-state index in [0.29, 0.717) is 9.21 Å². The van der Waals surface area contributed by atoms with Gasteiger partial charge in [-0.15, -0.1) is 22.9 Å². The fourth-order valence-corrected chi connectivity index (χ4v) is 2.46. The van der Waals surface area contributed by atoms with Crippen LogP contribution in [0.15, 0.2) is 6.07 Å². The molecule has 7 heteroatoms. The molecule has 0 radical (unpaired) electrons. The zero-order valence-corrected chi connectivity index (χ0v) is 10.6. The van der Waals surface area contributed by atoms with E-state index < -0.39 is 18.2 Å². The molecule has 0 N–H and O–H groups in total. The van der Waals surface area contributed by atoms with Crippen molar-refractivity contribution in [2.45, 2.75) is 18.5 Å². The third-order valence-electron chi connectivity index (χ3n) is 1.71. The first-order valence-electron chi connectivity index (χ1n) is 4.34. The number of alkyl halides is 4. The lowest BCUT2D eigenvalue weighted by Gasteiger charge is -2.10. The van der Waals surface area contributed by atoms with Crippen molar-refractivity contribution in [1.82, 2.24) is 0 Å². The summed E-state index contributed by atoms with van der Waals surface area (Å²) in [5.41, 5.74) is 0.864. The molecule has 0 saturated carbocycles. The number of thiophene rings is 1. The molecule has 0 aliphatic carbocycles. The van der Waals surface area contributed by atoms with Crippen molar-refractivity contribution in [3.63, 3.8) is 0 Å². The molecule has 0 saturated heterocycles. The molecular formula is C9H9Cl2F3OS. The van der Waals surface area contributed by atoms with Gasteiger partial charge in [-0.25, -0.2) is 0 Å². The van der Waals surface area contributed by atoms with E-state index in [4.69, 9.17) is 23.2 Å². The summed E-state index contributed by atoms with van der Waals surface area (Å²) >= 11 is 13.0. The smallest absolute Gasteiger partial charge is 0.370 e. The second-order valence-corrected chi connectivity index (χ2v) is 5.42. The first kappa shape index (κ1) is 14.1.